The summed E-state index contributed by atoms with van der Waals surface area (Å²) in [5.74, 6) is 0.522. The normalized spacial score (nSPS) is 21.8. The number of thiol groups is 1. The molecule has 3 atom stereocenters. The van der Waals surface area contributed by atoms with Crippen LogP contribution in [-0.2, 0) is 6.42 Å². The Kier molecular flexibility index (Phi) is 5.74. The van der Waals surface area contributed by atoms with Crippen LogP contribution in [0, 0.1) is 5.92 Å². The third-order valence-corrected chi connectivity index (χ3v) is 4.96. The maximum Gasteiger partial charge on any atom is 0.0812 e. The van der Waals surface area contributed by atoms with Crippen molar-refractivity contribution >= 4 is 12.6 Å². The van der Waals surface area contributed by atoms with Gasteiger partial charge in [-0.1, -0.05) is 49.6 Å². The predicted molar refractivity (Wildman–Crippen MR) is 83.5 cm³/mol. The van der Waals surface area contributed by atoms with E-state index in [1.807, 2.05) is 18.2 Å². The lowest BCUT2D eigenvalue weighted by Crippen LogP contribution is -2.45. The minimum absolute atomic E-state index is 0.0130. The minimum Gasteiger partial charge on any atom is -0.390 e. The van der Waals surface area contributed by atoms with E-state index in [1.165, 1.54) is 37.7 Å². The summed E-state index contributed by atoms with van der Waals surface area (Å²) in [6.45, 7) is 0. The van der Waals surface area contributed by atoms with E-state index in [9.17, 15) is 5.11 Å². The van der Waals surface area contributed by atoms with Crippen LogP contribution in [0.4, 0.5) is 0 Å². The van der Waals surface area contributed by atoms with Crippen LogP contribution in [0.2, 0.25) is 0 Å². The van der Waals surface area contributed by atoms with Gasteiger partial charge in [0.25, 0.3) is 0 Å². The van der Waals surface area contributed by atoms with Gasteiger partial charge in [0, 0.05) is 11.3 Å². The van der Waals surface area contributed by atoms with Crippen molar-refractivity contribution in [3.63, 3.8) is 0 Å². The summed E-state index contributed by atoms with van der Waals surface area (Å²) in [6, 6.07) is 9.89. The van der Waals surface area contributed by atoms with Gasteiger partial charge in [-0.05, 0) is 30.7 Å². The summed E-state index contributed by atoms with van der Waals surface area (Å²) in [4.78, 5) is 0. The monoisotopic (exact) mass is 279 g/mol. The first-order valence-electron chi connectivity index (χ1n) is 7.34. The second-order valence-electron chi connectivity index (χ2n) is 5.73. The van der Waals surface area contributed by atoms with Gasteiger partial charge in [0.1, 0.15) is 0 Å². The molecule has 3 unspecified atom stereocenters. The van der Waals surface area contributed by atoms with Crippen LogP contribution in [0.5, 0.6) is 0 Å². The van der Waals surface area contributed by atoms with Gasteiger partial charge in [-0.15, -0.1) is 0 Å². The number of nitrogens with two attached hydrogens (primary N) is 1. The molecule has 3 N–H and O–H groups in total. The standard InChI is InChI=1S/C16H25NOS/c17-14(11-12-7-3-1-4-8-12)15(18)16(19)13-9-5-2-6-10-13/h1,3-4,7-8,13-16,18-19H,2,5-6,9-11,17H2. The zero-order valence-corrected chi connectivity index (χ0v) is 12.3. The minimum atomic E-state index is -0.522. The van der Waals surface area contributed by atoms with Crippen molar-refractivity contribution in [2.75, 3.05) is 0 Å². The fraction of sp³-hybridized carbons (Fsp3) is 0.625. The molecule has 106 valence electrons. The van der Waals surface area contributed by atoms with Crippen LogP contribution in [0.25, 0.3) is 0 Å². The van der Waals surface area contributed by atoms with Gasteiger partial charge in [-0.2, -0.15) is 12.6 Å². The van der Waals surface area contributed by atoms with Gasteiger partial charge >= 0.3 is 0 Å². The molecule has 0 aliphatic heterocycles. The highest BCUT2D eigenvalue weighted by molar-refractivity contribution is 7.81. The van der Waals surface area contributed by atoms with E-state index >= 15 is 0 Å². The number of hydrogen-bond acceptors (Lipinski definition) is 3. The van der Waals surface area contributed by atoms with Crippen LogP contribution >= 0.6 is 12.6 Å². The van der Waals surface area contributed by atoms with Crippen molar-refractivity contribution < 1.29 is 5.11 Å². The average molecular weight is 279 g/mol. The molecule has 0 heterocycles. The quantitative estimate of drug-likeness (QED) is 0.726. The SMILES string of the molecule is NC(Cc1ccccc1)C(O)C(S)C1CCCCC1. The van der Waals surface area contributed by atoms with Gasteiger partial charge < -0.3 is 10.8 Å². The number of hydrogen-bond donors (Lipinski definition) is 3. The van der Waals surface area contributed by atoms with E-state index in [0.717, 1.165) is 0 Å². The average Bonchev–Trinajstić information content (AvgIpc) is 2.47. The van der Waals surface area contributed by atoms with E-state index in [0.29, 0.717) is 12.3 Å². The van der Waals surface area contributed by atoms with E-state index in [4.69, 9.17) is 5.73 Å². The summed E-state index contributed by atoms with van der Waals surface area (Å²) in [5.41, 5.74) is 7.34. The van der Waals surface area contributed by atoms with Crippen molar-refractivity contribution in [1.29, 1.82) is 0 Å². The maximum atomic E-state index is 10.4. The molecule has 1 aromatic rings. The van der Waals surface area contributed by atoms with Crippen LogP contribution in [0.1, 0.15) is 37.7 Å². The number of aliphatic hydroxyl groups excluding tert-OH is 1. The molecule has 0 aromatic heterocycles. The van der Waals surface area contributed by atoms with Gasteiger partial charge in [0.05, 0.1) is 6.10 Å². The molecule has 19 heavy (non-hydrogen) atoms. The molecule has 0 saturated heterocycles. The fourth-order valence-electron chi connectivity index (χ4n) is 3.01. The first kappa shape index (κ1) is 14.9. The number of benzene rings is 1. The summed E-state index contributed by atoms with van der Waals surface area (Å²) < 4.78 is 0. The highest BCUT2D eigenvalue weighted by atomic mass is 32.1. The predicted octanol–water partition coefficient (Wildman–Crippen LogP) is 2.80. The lowest BCUT2D eigenvalue weighted by molar-refractivity contribution is 0.113. The van der Waals surface area contributed by atoms with Crippen molar-refractivity contribution in [1.82, 2.24) is 0 Å². The molecule has 0 bridgehead atoms. The molecule has 1 saturated carbocycles. The Morgan fingerprint density at radius 3 is 2.42 bits per heavy atom. The number of aliphatic hydroxyl groups is 1. The van der Waals surface area contributed by atoms with E-state index in [-0.39, 0.29) is 11.3 Å². The zero-order valence-electron chi connectivity index (χ0n) is 11.4. The third-order valence-electron chi connectivity index (χ3n) is 4.24. The molecular formula is C16H25NOS. The molecule has 2 nitrogen and oxygen atoms in total. The largest absolute Gasteiger partial charge is 0.390 e. The third kappa shape index (κ3) is 4.23. The van der Waals surface area contributed by atoms with Gasteiger partial charge in [0.15, 0.2) is 0 Å². The highest BCUT2D eigenvalue weighted by Gasteiger charge is 2.30. The van der Waals surface area contributed by atoms with E-state index in [1.54, 1.807) is 0 Å². The Labute approximate surface area is 121 Å². The Balaban J connectivity index is 1.88. The van der Waals surface area contributed by atoms with Crippen molar-refractivity contribution in [2.24, 2.45) is 11.7 Å². The zero-order chi connectivity index (χ0) is 13.7. The first-order valence-corrected chi connectivity index (χ1v) is 7.86. The molecule has 2 rings (SSSR count). The van der Waals surface area contributed by atoms with E-state index in [2.05, 4.69) is 24.8 Å². The molecule has 0 spiro atoms. The van der Waals surface area contributed by atoms with Crippen LogP contribution in [0.15, 0.2) is 30.3 Å². The van der Waals surface area contributed by atoms with Crippen LogP contribution < -0.4 is 5.73 Å². The Bertz CT molecular complexity index is 364. The summed E-state index contributed by atoms with van der Waals surface area (Å²) >= 11 is 4.64. The Morgan fingerprint density at radius 2 is 1.79 bits per heavy atom. The molecule has 1 aliphatic carbocycles. The fourth-order valence-corrected chi connectivity index (χ4v) is 3.53. The van der Waals surface area contributed by atoms with Crippen molar-refractivity contribution in [2.45, 2.75) is 55.9 Å². The van der Waals surface area contributed by atoms with Gasteiger partial charge in [0.2, 0.25) is 0 Å². The molecule has 0 radical (unpaired) electrons. The summed E-state index contributed by atoms with van der Waals surface area (Å²) in [6.07, 6.45) is 6.42. The van der Waals surface area contributed by atoms with Crippen LogP contribution in [0.3, 0.4) is 0 Å². The maximum absolute atomic E-state index is 10.4. The molecular weight excluding hydrogens is 254 g/mol. The molecule has 3 heteroatoms. The van der Waals surface area contributed by atoms with Crippen molar-refractivity contribution in [3.05, 3.63) is 35.9 Å². The molecule has 1 aromatic carbocycles. The smallest absolute Gasteiger partial charge is 0.0812 e. The van der Waals surface area contributed by atoms with Gasteiger partial charge in [-0.25, -0.2) is 0 Å². The summed E-state index contributed by atoms with van der Waals surface area (Å²) in [5, 5.41) is 10.4. The van der Waals surface area contributed by atoms with Gasteiger partial charge in [-0.3, -0.25) is 0 Å². The summed E-state index contributed by atoms with van der Waals surface area (Å²) in [7, 11) is 0. The van der Waals surface area contributed by atoms with Crippen molar-refractivity contribution in [3.8, 4) is 0 Å². The first-order chi connectivity index (χ1) is 9.18. The van der Waals surface area contributed by atoms with Crippen LogP contribution in [-0.4, -0.2) is 22.5 Å². The Hall–Kier alpha value is -0.510. The lowest BCUT2D eigenvalue weighted by Gasteiger charge is -2.32. The van der Waals surface area contributed by atoms with E-state index < -0.39 is 6.10 Å². The lowest BCUT2D eigenvalue weighted by atomic mass is 9.83. The Morgan fingerprint density at radius 1 is 1.16 bits per heavy atom. The number of rotatable bonds is 5. The second-order valence-corrected chi connectivity index (χ2v) is 6.33. The molecule has 0 amide bonds. The molecule has 1 fully saturated rings. The topological polar surface area (TPSA) is 46.2 Å². The molecule has 1 aliphatic rings. The highest BCUT2D eigenvalue weighted by Crippen LogP contribution is 2.31. The second kappa shape index (κ2) is 7.32.